The van der Waals surface area contributed by atoms with E-state index in [-0.39, 0.29) is 5.75 Å². The fourth-order valence-corrected chi connectivity index (χ4v) is 1.55. The SMILES string of the molecule is Cc1ccc(F)c(Oc2cc(Cl)nc(C(F)(F)F)n2)c1. The van der Waals surface area contributed by atoms with Crippen LogP contribution in [0.15, 0.2) is 24.3 Å². The number of aromatic nitrogens is 2. The van der Waals surface area contributed by atoms with E-state index in [9.17, 15) is 17.6 Å². The highest BCUT2D eigenvalue weighted by Gasteiger charge is 2.35. The van der Waals surface area contributed by atoms with Crippen LogP contribution in [0.2, 0.25) is 5.15 Å². The van der Waals surface area contributed by atoms with Gasteiger partial charge in [-0.15, -0.1) is 0 Å². The van der Waals surface area contributed by atoms with Crippen molar-refractivity contribution in [2.75, 3.05) is 0 Å². The van der Waals surface area contributed by atoms with Gasteiger partial charge in [0.05, 0.1) is 0 Å². The van der Waals surface area contributed by atoms with E-state index >= 15 is 0 Å². The monoisotopic (exact) mass is 306 g/mol. The highest BCUT2D eigenvalue weighted by molar-refractivity contribution is 6.29. The Morgan fingerprint density at radius 2 is 1.85 bits per heavy atom. The zero-order valence-corrected chi connectivity index (χ0v) is 10.8. The van der Waals surface area contributed by atoms with E-state index in [0.717, 1.165) is 12.1 Å². The molecular formula is C12H7ClF4N2O. The summed E-state index contributed by atoms with van der Waals surface area (Å²) in [5.74, 6) is -2.90. The summed E-state index contributed by atoms with van der Waals surface area (Å²) in [7, 11) is 0. The Labute approximate surface area is 116 Å². The summed E-state index contributed by atoms with van der Waals surface area (Å²) in [6.45, 7) is 1.68. The minimum atomic E-state index is -4.77. The number of hydrogen-bond acceptors (Lipinski definition) is 3. The van der Waals surface area contributed by atoms with Gasteiger partial charge >= 0.3 is 6.18 Å². The lowest BCUT2D eigenvalue weighted by atomic mass is 10.2. The van der Waals surface area contributed by atoms with Crippen molar-refractivity contribution in [3.05, 3.63) is 46.6 Å². The van der Waals surface area contributed by atoms with E-state index in [0.29, 0.717) is 5.56 Å². The molecule has 0 bridgehead atoms. The Morgan fingerprint density at radius 3 is 2.50 bits per heavy atom. The molecule has 20 heavy (non-hydrogen) atoms. The Kier molecular flexibility index (Phi) is 3.80. The van der Waals surface area contributed by atoms with E-state index < -0.39 is 28.9 Å². The minimum absolute atomic E-state index is 0.243. The zero-order chi connectivity index (χ0) is 14.9. The van der Waals surface area contributed by atoms with Crippen molar-refractivity contribution < 1.29 is 22.3 Å². The van der Waals surface area contributed by atoms with E-state index in [2.05, 4.69) is 9.97 Å². The highest BCUT2D eigenvalue weighted by Crippen LogP contribution is 2.31. The van der Waals surface area contributed by atoms with E-state index in [1.807, 2.05) is 0 Å². The van der Waals surface area contributed by atoms with Crippen molar-refractivity contribution in [2.24, 2.45) is 0 Å². The van der Waals surface area contributed by atoms with Crippen molar-refractivity contribution in [3.8, 4) is 11.6 Å². The summed E-state index contributed by atoms with van der Waals surface area (Å²) in [5.41, 5.74) is 0.678. The summed E-state index contributed by atoms with van der Waals surface area (Å²) in [4.78, 5) is 6.20. The third-order valence-corrected chi connectivity index (χ3v) is 2.42. The number of benzene rings is 1. The molecule has 0 aliphatic heterocycles. The molecule has 106 valence electrons. The summed E-state index contributed by atoms with van der Waals surface area (Å²) in [6, 6.07) is 4.94. The van der Waals surface area contributed by atoms with E-state index in [4.69, 9.17) is 16.3 Å². The number of hydrogen-bond donors (Lipinski definition) is 0. The van der Waals surface area contributed by atoms with Gasteiger partial charge < -0.3 is 4.74 Å². The molecule has 0 atom stereocenters. The van der Waals surface area contributed by atoms with E-state index in [1.54, 1.807) is 6.92 Å². The summed E-state index contributed by atoms with van der Waals surface area (Å²) in [5, 5.41) is -0.449. The molecule has 2 aromatic rings. The average Bonchev–Trinajstić information content (AvgIpc) is 2.32. The second-order valence-electron chi connectivity index (χ2n) is 3.89. The molecule has 0 N–H and O–H groups in total. The molecule has 0 fully saturated rings. The molecule has 2 rings (SSSR count). The first-order chi connectivity index (χ1) is 9.25. The number of nitrogens with zero attached hydrogens (tertiary/aromatic N) is 2. The number of rotatable bonds is 2. The standard InChI is InChI=1S/C12H7ClF4N2O/c1-6-2-3-7(14)8(4-6)20-10-5-9(13)18-11(19-10)12(15,16)17/h2-5H,1H3. The lowest BCUT2D eigenvalue weighted by molar-refractivity contribution is -0.145. The largest absolute Gasteiger partial charge is 0.451 e. The topological polar surface area (TPSA) is 35.0 Å². The molecule has 0 aliphatic carbocycles. The first-order valence-electron chi connectivity index (χ1n) is 5.31. The molecule has 0 unspecified atom stereocenters. The van der Waals surface area contributed by atoms with Gasteiger partial charge in [-0.25, -0.2) is 9.37 Å². The Hall–Kier alpha value is -1.89. The van der Waals surface area contributed by atoms with Crippen molar-refractivity contribution >= 4 is 11.6 Å². The van der Waals surface area contributed by atoms with Crippen LogP contribution in [0.5, 0.6) is 11.6 Å². The second kappa shape index (κ2) is 5.24. The van der Waals surface area contributed by atoms with Gasteiger partial charge in [-0.1, -0.05) is 17.7 Å². The molecule has 3 nitrogen and oxygen atoms in total. The maximum Gasteiger partial charge on any atom is 0.451 e. The lowest BCUT2D eigenvalue weighted by Gasteiger charge is -2.09. The minimum Gasteiger partial charge on any atom is -0.436 e. The van der Waals surface area contributed by atoms with Crippen LogP contribution in [-0.2, 0) is 6.18 Å². The van der Waals surface area contributed by atoms with Crippen molar-refractivity contribution in [1.29, 1.82) is 0 Å². The maximum absolute atomic E-state index is 13.5. The number of aryl methyl sites for hydroxylation is 1. The third-order valence-electron chi connectivity index (χ3n) is 2.23. The molecule has 0 saturated carbocycles. The molecule has 0 amide bonds. The lowest BCUT2D eigenvalue weighted by Crippen LogP contribution is -2.11. The van der Waals surface area contributed by atoms with Gasteiger partial charge in [-0.05, 0) is 24.6 Å². The smallest absolute Gasteiger partial charge is 0.436 e. The van der Waals surface area contributed by atoms with Gasteiger partial charge in [0.2, 0.25) is 11.7 Å². The quantitative estimate of drug-likeness (QED) is 0.610. The van der Waals surface area contributed by atoms with Crippen molar-refractivity contribution in [3.63, 3.8) is 0 Å². The van der Waals surface area contributed by atoms with Crippen molar-refractivity contribution in [2.45, 2.75) is 13.1 Å². The van der Waals surface area contributed by atoms with Gasteiger partial charge in [0, 0.05) is 6.07 Å². The fourth-order valence-electron chi connectivity index (χ4n) is 1.38. The van der Waals surface area contributed by atoms with Gasteiger partial charge in [0.1, 0.15) is 5.15 Å². The fraction of sp³-hybridized carbons (Fsp3) is 0.167. The molecule has 0 spiro atoms. The second-order valence-corrected chi connectivity index (χ2v) is 4.27. The van der Waals surface area contributed by atoms with E-state index in [1.165, 1.54) is 12.1 Å². The molecule has 1 aromatic heterocycles. The number of alkyl halides is 3. The molecule has 1 aromatic carbocycles. The third kappa shape index (κ3) is 3.36. The molecule has 0 aliphatic rings. The Balaban J connectivity index is 2.39. The first kappa shape index (κ1) is 14.5. The van der Waals surface area contributed by atoms with Gasteiger partial charge in [0.15, 0.2) is 11.6 Å². The van der Waals surface area contributed by atoms with Gasteiger partial charge in [-0.3, -0.25) is 0 Å². The van der Waals surface area contributed by atoms with Crippen LogP contribution < -0.4 is 4.74 Å². The van der Waals surface area contributed by atoms with Crippen LogP contribution in [0.4, 0.5) is 17.6 Å². The predicted molar refractivity (Wildman–Crippen MR) is 63.3 cm³/mol. The van der Waals surface area contributed by atoms with Crippen LogP contribution in [0.1, 0.15) is 11.4 Å². The zero-order valence-electron chi connectivity index (χ0n) is 10.0. The summed E-state index contributed by atoms with van der Waals surface area (Å²) < 4.78 is 56.0. The molecule has 0 radical (unpaired) electrons. The molecular weight excluding hydrogens is 300 g/mol. The van der Waals surface area contributed by atoms with Crippen LogP contribution in [0.3, 0.4) is 0 Å². The number of halogens is 5. The highest BCUT2D eigenvalue weighted by atomic mass is 35.5. The Morgan fingerprint density at radius 1 is 1.15 bits per heavy atom. The Bertz CT molecular complexity index is 646. The first-order valence-corrected chi connectivity index (χ1v) is 5.69. The molecule has 0 saturated heterocycles. The van der Waals surface area contributed by atoms with Crippen LogP contribution in [0, 0.1) is 12.7 Å². The predicted octanol–water partition coefficient (Wildman–Crippen LogP) is 4.39. The maximum atomic E-state index is 13.5. The number of ether oxygens (including phenoxy) is 1. The van der Waals surface area contributed by atoms with Crippen molar-refractivity contribution in [1.82, 2.24) is 9.97 Å². The van der Waals surface area contributed by atoms with Gasteiger partial charge in [-0.2, -0.15) is 18.2 Å². The molecule has 8 heteroatoms. The average molecular weight is 307 g/mol. The van der Waals surface area contributed by atoms with Crippen LogP contribution in [0.25, 0.3) is 0 Å². The summed E-state index contributed by atoms with van der Waals surface area (Å²) in [6.07, 6.45) is -4.77. The summed E-state index contributed by atoms with van der Waals surface area (Å²) >= 11 is 5.47. The van der Waals surface area contributed by atoms with Crippen LogP contribution >= 0.6 is 11.6 Å². The van der Waals surface area contributed by atoms with Gasteiger partial charge in [0.25, 0.3) is 0 Å². The molecule has 1 heterocycles. The normalized spacial score (nSPS) is 11.5. The van der Waals surface area contributed by atoms with Crippen LogP contribution in [-0.4, -0.2) is 9.97 Å².